The standard InChI is InChI=1S/C13H18N2O4/c1-2-14-9(16)6-15-12(17)10-7-3-4-8(5-7)11(10)13(18)19/h3-4,7-8,10-11H,2,5-6H2,1H3,(H,14,16)(H,15,17)(H,18,19). The lowest BCUT2D eigenvalue weighted by Gasteiger charge is -2.23. The number of carbonyl (C=O) groups excluding carboxylic acids is 2. The highest BCUT2D eigenvalue weighted by molar-refractivity contribution is 5.89. The van der Waals surface area contributed by atoms with Gasteiger partial charge in [-0.05, 0) is 25.2 Å². The fourth-order valence-corrected chi connectivity index (χ4v) is 3.06. The highest BCUT2D eigenvalue weighted by atomic mass is 16.4. The summed E-state index contributed by atoms with van der Waals surface area (Å²) in [6.07, 6.45) is 4.52. The Labute approximate surface area is 111 Å². The van der Waals surface area contributed by atoms with E-state index < -0.39 is 17.8 Å². The molecule has 0 aliphatic heterocycles. The second-order valence-corrected chi connectivity index (χ2v) is 5.01. The summed E-state index contributed by atoms with van der Waals surface area (Å²) in [6.45, 7) is 2.20. The highest BCUT2D eigenvalue weighted by Crippen LogP contribution is 2.48. The third kappa shape index (κ3) is 2.62. The van der Waals surface area contributed by atoms with Gasteiger partial charge >= 0.3 is 5.97 Å². The molecular weight excluding hydrogens is 248 g/mol. The first kappa shape index (κ1) is 13.6. The van der Waals surface area contributed by atoms with Crippen LogP contribution in [0.15, 0.2) is 12.2 Å². The number of nitrogens with one attached hydrogen (secondary N) is 2. The number of allylic oxidation sites excluding steroid dienone is 2. The number of hydrogen-bond donors (Lipinski definition) is 3. The summed E-state index contributed by atoms with van der Waals surface area (Å²) >= 11 is 0. The number of amides is 2. The monoisotopic (exact) mass is 266 g/mol. The van der Waals surface area contributed by atoms with Gasteiger partial charge in [0.2, 0.25) is 11.8 Å². The lowest BCUT2D eigenvalue weighted by atomic mass is 9.82. The number of carbonyl (C=O) groups is 3. The minimum Gasteiger partial charge on any atom is -0.481 e. The van der Waals surface area contributed by atoms with Crippen molar-refractivity contribution in [2.75, 3.05) is 13.1 Å². The van der Waals surface area contributed by atoms with Crippen LogP contribution in [0.4, 0.5) is 0 Å². The molecule has 6 heteroatoms. The molecule has 4 unspecified atom stereocenters. The van der Waals surface area contributed by atoms with E-state index in [2.05, 4.69) is 10.6 Å². The molecule has 0 heterocycles. The van der Waals surface area contributed by atoms with Crippen LogP contribution in [-0.2, 0) is 14.4 Å². The van der Waals surface area contributed by atoms with Gasteiger partial charge < -0.3 is 15.7 Å². The fourth-order valence-electron chi connectivity index (χ4n) is 3.06. The molecular formula is C13H18N2O4. The maximum Gasteiger partial charge on any atom is 0.307 e. The molecule has 0 saturated heterocycles. The Morgan fingerprint density at radius 2 is 1.79 bits per heavy atom. The van der Waals surface area contributed by atoms with E-state index >= 15 is 0 Å². The SMILES string of the molecule is CCNC(=O)CNC(=O)C1C2C=CC(C2)C1C(=O)O. The molecule has 0 radical (unpaired) electrons. The zero-order valence-electron chi connectivity index (χ0n) is 10.8. The Bertz CT molecular complexity index is 432. The Hall–Kier alpha value is -1.85. The quantitative estimate of drug-likeness (QED) is 0.598. The van der Waals surface area contributed by atoms with Gasteiger partial charge in [-0.3, -0.25) is 14.4 Å². The molecule has 0 aromatic heterocycles. The number of likely N-dealkylation sites (N-methyl/N-ethyl adjacent to an activating group) is 1. The molecule has 3 N–H and O–H groups in total. The van der Waals surface area contributed by atoms with E-state index in [1.807, 2.05) is 12.2 Å². The molecule has 1 fully saturated rings. The first-order valence-electron chi connectivity index (χ1n) is 6.50. The number of aliphatic carboxylic acids is 1. The van der Waals surface area contributed by atoms with Crippen LogP contribution in [0.1, 0.15) is 13.3 Å². The van der Waals surface area contributed by atoms with Crippen LogP contribution in [0.2, 0.25) is 0 Å². The van der Waals surface area contributed by atoms with E-state index in [-0.39, 0.29) is 30.2 Å². The van der Waals surface area contributed by atoms with Crippen molar-refractivity contribution in [2.45, 2.75) is 13.3 Å². The number of hydrogen-bond acceptors (Lipinski definition) is 3. The largest absolute Gasteiger partial charge is 0.481 e. The molecule has 6 nitrogen and oxygen atoms in total. The van der Waals surface area contributed by atoms with Crippen molar-refractivity contribution in [3.05, 3.63) is 12.2 Å². The Kier molecular flexibility index (Phi) is 3.87. The van der Waals surface area contributed by atoms with E-state index in [1.54, 1.807) is 6.92 Å². The molecule has 2 rings (SSSR count). The number of fused-ring (bicyclic) bond motifs is 2. The van der Waals surface area contributed by atoms with Gasteiger partial charge in [0.15, 0.2) is 0 Å². The molecule has 1 saturated carbocycles. The molecule has 0 aromatic carbocycles. The topological polar surface area (TPSA) is 95.5 Å². The summed E-state index contributed by atoms with van der Waals surface area (Å²) in [7, 11) is 0. The minimum absolute atomic E-state index is 0.0136. The molecule has 2 bridgehead atoms. The zero-order chi connectivity index (χ0) is 14.0. The third-order valence-electron chi connectivity index (χ3n) is 3.84. The maximum atomic E-state index is 12.1. The van der Waals surface area contributed by atoms with Crippen LogP contribution in [0.25, 0.3) is 0 Å². The first-order valence-corrected chi connectivity index (χ1v) is 6.50. The predicted molar refractivity (Wildman–Crippen MR) is 67.0 cm³/mol. The molecule has 104 valence electrons. The minimum atomic E-state index is -0.935. The predicted octanol–water partition coefficient (Wildman–Crippen LogP) is -0.238. The summed E-state index contributed by atoms with van der Waals surface area (Å²) in [5.74, 6) is -2.82. The Morgan fingerprint density at radius 1 is 1.16 bits per heavy atom. The van der Waals surface area contributed by atoms with Crippen LogP contribution < -0.4 is 10.6 Å². The molecule has 4 atom stereocenters. The third-order valence-corrected chi connectivity index (χ3v) is 3.84. The maximum absolute atomic E-state index is 12.1. The molecule has 2 aliphatic carbocycles. The summed E-state index contributed by atoms with van der Waals surface area (Å²) in [6, 6.07) is 0. The van der Waals surface area contributed by atoms with Gasteiger partial charge in [0.25, 0.3) is 0 Å². The van der Waals surface area contributed by atoms with Gasteiger partial charge in [0.05, 0.1) is 18.4 Å². The summed E-state index contributed by atoms with van der Waals surface area (Å²) in [4.78, 5) is 34.6. The number of rotatable bonds is 5. The van der Waals surface area contributed by atoms with Crippen molar-refractivity contribution in [3.63, 3.8) is 0 Å². The van der Waals surface area contributed by atoms with Crippen molar-refractivity contribution < 1.29 is 19.5 Å². The van der Waals surface area contributed by atoms with Crippen molar-refractivity contribution >= 4 is 17.8 Å². The normalized spacial score (nSPS) is 31.2. The van der Waals surface area contributed by atoms with E-state index in [4.69, 9.17) is 0 Å². The van der Waals surface area contributed by atoms with E-state index in [0.717, 1.165) is 6.42 Å². The number of carboxylic acid groups (broad SMARTS) is 1. The molecule has 2 aliphatic rings. The lowest BCUT2D eigenvalue weighted by molar-refractivity contribution is -0.147. The van der Waals surface area contributed by atoms with Crippen LogP contribution in [0.3, 0.4) is 0 Å². The van der Waals surface area contributed by atoms with Crippen LogP contribution in [0, 0.1) is 23.7 Å². The van der Waals surface area contributed by atoms with Crippen LogP contribution >= 0.6 is 0 Å². The second-order valence-electron chi connectivity index (χ2n) is 5.01. The van der Waals surface area contributed by atoms with Gasteiger partial charge in [-0.2, -0.15) is 0 Å². The Morgan fingerprint density at radius 3 is 2.37 bits per heavy atom. The van der Waals surface area contributed by atoms with Crippen LogP contribution in [0.5, 0.6) is 0 Å². The molecule has 0 aromatic rings. The average Bonchev–Trinajstić information content (AvgIpc) is 2.96. The number of carboxylic acids is 1. The zero-order valence-corrected chi connectivity index (χ0v) is 10.8. The van der Waals surface area contributed by atoms with E-state index in [1.165, 1.54) is 0 Å². The van der Waals surface area contributed by atoms with Crippen molar-refractivity contribution in [1.82, 2.24) is 10.6 Å². The van der Waals surface area contributed by atoms with Crippen molar-refractivity contribution in [1.29, 1.82) is 0 Å². The van der Waals surface area contributed by atoms with E-state index in [0.29, 0.717) is 6.54 Å². The van der Waals surface area contributed by atoms with Crippen molar-refractivity contribution in [3.8, 4) is 0 Å². The first-order chi connectivity index (χ1) is 9.04. The fraction of sp³-hybridized carbons (Fsp3) is 0.615. The van der Waals surface area contributed by atoms with Gasteiger partial charge in [-0.15, -0.1) is 0 Å². The van der Waals surface area contributed by atoms with E-state index in [9.17, 15) is 19.5 Å². The summed E-state index contributed by atoms with van der Waals surface area (Å²) < 4.78 is 0. The smallest absolute Gasteiger partial charge is 0.307 e. The van der Waals surface area contributed by atoms with Gasteiger partial charge in [0, 0.05) is 6.54 Å². The summed E-state index contributed by atoms with van der Waals surface area (Å²) in [5, 5.41) is 14.3. The lowest BCUT2D eigenvalue weighted by Crippen LogP contribution is -2.44. The van der Waals surface area contributed by atoms with Crippen molar-refractivity contribution in [2.24, 2.45) is 23.7 Å². The van der Waals surface area contributed by atoms with Gasteiger partial charge in [-0.25, -0.2) is 0 Å². The molecule has 0 spiro atoms. The molecule has 19 heavy (non-hydrogen) atoms. The average molecular weight is 266 g/mol. The summed E-state index contributed by atoms with van der Waals surface area (Å²) in [5.41, 5.74) is 0. The molecule has 2 amide bonds. The Balaban J connectivity index is 1.96. The van der Waals surface area contributed by atoms with Crippen LogP contribution in [-0.4, -0.2) is 36.0 Å². The van der Waals surface area contributed by atoms with Gasteiger partial charge in [0.1, 0.15) is 0 Å². The van der Waals surface area contributed by atoms with Gasteiger partial charge in [-0.1, -0.05) is 12.2 Å². The highest BCUT2D eigenvalue weighted by Gasteiger charge is 2.51. The second kappa shape index (κ2) is 5.42.